The van der Waals surface area contributed by atoms with Gasteiger partial charge in [-0.1, -0.05) is 12.1 Å². The highest BCUT2D eigenvalue weighted by molar-refractivity contribution is 5.72. The number of nitrogens with zero attached hydrogens (tertiary/aromatic N) is 2. The summed E-state index contributed by atoms with van der Waals surface area (Å²) in [5, 5.41) is 10.9. The van der Waals surface area contributed by atoms with Crippen LogP contribution in [-0.4, -0.2) is 40.2 Å². The number of benzene rings is 1. The summed E-state index contributed by atoms with van der Waals surface area (Å²) in [4.78, 5) is 27.9. The highest BCUT2D eigenvalue weighted by Crippen LogP contribution is 2.35. The van der Waals surface area contributed by atoms with Crippen LogP contribution in [-0.2, 0) is 16.1 Å². The van der Waals surface area contributed by atoms with Gasteiger partial charge in [-0.2, -0.15) is 0 Å². The Kier molecular flexibility index (Phi) is 7.17. The zero-order valence-electron chi connectivity index (χ0n) is 19.4. The van der Waals surface area contributed by atoms with Crippen molar-refractivity contribution in [1.29, 1.82) is 0 Å². The molecule has 1 aliphatic rings. The van der Waals surface area contributed by atoms with E-state index in [1.165, 1.54) is 12.1 Å². The molecule has 2 aromatic heterocycles. The second-order valence-corrected chi connectivity index (χ2v) is 8.58. The van der Waals surface area contributed by atoms with E-state index in [-0.39, 0.29) is 35.3 Å². The maximum absolute atomic E-state index is 14.2. The molecule has 3 aromatic rings. The fourth-order valence-corrected chi connectivity index (χ4v) is 4.67. The van der Waals surface area contributed by atoms with Crippen LogP contribution in [0.5, 0.6) is 5.75 Å². The van der Waals surface area contributed by atoms with Gasteiger partial charge in [0, 0.05) is 5.69 Å². The zero-order valence-corrected chi connectivity index (χ0v) is 19.4. The van der Waals surface area contributed by atoms with Gasteiger partial charge in [0.2, 0.25) is 0 Å². The minimum absolute atomic E-state index is 0.139. The zero-order chi connectivity index (χ0) is 24.2. The molecule has 8 heteroatoms. The molecule has 0 amide bonds. The molecule has 1 atom stereocenters. The standard InChI is InChI=1S/C26H29FN2O5/c1-3-33-26(32)18-9-11-28(12-10-18)24(19-6-4-7-20(27)15-19)23-22(30)14-17(2)29(25(23)31)16-21-8-5-13-34-21/h4-8,13-15,18,24,30H,3,9-12,16H2,1-2H3/t24-/m0/s1. The van der Waals surface area contributed by atoms with Gasteiger partial charge in [0.15, 0.2) is 0 Å². The number of ether oxygens (including phenoxy) is 1. The number of furan rings is 1. The van der Waals surface area contributed by atoms with Gasteiger partial charge in [-0.05, 0) is 75.7 Å². The fraction of sp³-hybridized carbons (Fsp3) is 0.385. The highest BCUT2D eigenvalue weighted by atomic mass is 19.1. The molecule has 0 saturated carbocycles. The van der Waals surface area contributed by atoms with E-state index in [2.05, 4.69) is 0 Å². The molecule has 34 heavy (non-hydrogen) atoms. The molecule has 3 heterocycles. The molecule has 0 aliphatic carbocycles. The summed E-state index contributed by atoms with van der Waals surface area (Å²) in [7, 11) is 0. The van der Waals surface area contributed by atoms with Crippen molar-refractivity contribution in [1.82, 2.24) is 9.47 Å². The number of aryl methyl sites for hydroxylation is 1. The summed E-state index contributed by atoms with van der Waals surface area (Å²) < 4.78 is 26.4. The van der Waals surface area contributed by atoms with E-state index in [4.69, 9.17) is 9.15 Å². The predicted octanol–water partition coefficient (Wildman–Crippen LogP) is 4.01. The minimum atomic E-state index is -0.671. The third-order valence-corrected chi connectivity index (χ3v) is 6.37. The molecule has 1 saturated heterocycles. The number of aromatic hydroxyl groups is 1. The fourth-order valence-electron chi connectivity index (χ4n) is 4.67. The molecule has 0 bridgehead atoms. The minimum Gasteiger partial charge on any atom is -0.507 e. The average molecular weight is 469 g/mol. The molecule has 180 valence electrons. The van der Waals surface area contributed by atoms with Gasteiger partial charge >= 0.3 is 5.97 Å². The van der Waals surface area contributed by atoms with Crippen molar-refractivity contribution in [2.75, 3.05) is 19.7 Å². The molecular formula is C26H29FN2O5. The highest BCUT2D eigenvalue weighted by Gasteiger charge is 2.34. The number of halogens is 1. The van der Waals surface area contributed by atoms with Crippen molar-refractivity contribution >= 4 is 5.97 Å². The van der Waals surface area contributed by atoms with Crippen LogP contribution in [0.2, 0.25) is 0 Å². The largest absolute Gasteiger partial charge is 0.507 e. The maximum Gasteiger partial charge on any atom is 0.309 e. The summed E-state index contributed by atoms with van der Waals surface area (Å²) in [6.45, 7) is 5.06. The number of piperidine rings is 1. The third-order valence-electron chi connectivity index (χ3n) is 6.37. The van der Waals surface area contributed by atoms with Gasteiger partial charge in [0.1, 0.15) is 17.3 Å². The number of hydrogen-bond donors (Lipinski definition) is 1. The third kappa shape index (κ3) is 4.92. The first-order valence-electron chi connectivity index (χ1n) is 11.5. The van der Waals surface area contributed by atoms with Gasteiger partial charge in [-0.25, -0.2) is 4.39 Å². The van der Waals surface area contributed by atoms with Crippen LogP contribution < -0.4 is 5.56 Å². The SMILES string of the molecule is CCOC(=O)C1CCN([C@@H](c2cccc(F)c2)c2c(O)cc(C)n(Cc3ccco3)c2=O)CC1. The van der Waals surface area contributed by atoms with E-state index < -0.39 is 11.9 Å². The van der Waals surface area contributed by atoms with Crippen LogP contribution in [0.3, 0.4) is 0 Å². The van der Waals surface area contributed by atoms with Crippen LogP contribution in [0.25, 0.3) is 0 Å². The van der Waals surface area contributed by atoms with E-state index >= 15 is 0 Å². The lowest BCUT2D eigenvalue weighted by Crippen LogP contribution is -2.42. The van der Waals surface area contributed by atoms with Gasteiger partial charge in [-0.15, -0.1) is 0 Å². The van der Waals surface area contributed by atoms with E-state index in [0.717, 1.165) is 0 Å². The van der Waals surface area contributed by atoms with Gasteiger partial charge in [0.05, 0.1) is 36.9 Å². The molecule has 1 aromatic carbocycles. The van der Waals surface area contributed by atoms with Gasteiger partial charge < -0.3 is 18.8 Å². The van der Waals surface area contributed by atoms with Crippen molar-refractivity contribution in [2.24, 2.45) is 5.92 Å². The normalized spacial score (nSPS) is 15.9. The number of hydrogen-bond acceptors (Lipinski definition) is 6. The Morgan fingerprint density at radius 1 is 1.24 bits per heavy atom. The quantitative estimate of drug-likeness (QED) is 0.528. The Morgan fingerprint density at radius 2 is 2.00 bits per heavy atom. The molecule has 7 nitrogen and oxygen atoms in total. The number of likely N-dealkylation sites (tertiary alicyclic amines) is 1. The lowest BCUT2D eigenvalue weighted by atomic mass is 9.91. The molecular weight excluding hydrogens is 439 g/mol. The van der Waals surface area contributed by atoms with Crippen molar-refractivity contribution < 1.29 is 23.4 Å². The number of aromatic nitrogens is 1. The molecule has 1 fully saturated rings. The van der Waals surface area contributed by atoms with Crippen LogP contribution in [0.4, 0.5) is 4.39 Å². The van der Waals surface area contributed by atoms with Crippen LogP contribution >= 0.6 is 0 Å². The number of esters is 1. The molecule has 1 aliphatic heterocycles. The first kappa shape index (κ1) is 23.8. The molecule has 0 radical (unpaired) electrons. The predicted molar refractivity (Wildman–Crippen MR) is 124 cm³/mol. The lowest BCUT2D eigenvalue weighted by molar-refractivity contribution is -0.149. The molecule has 0 unspecified atom stereocenters. The first-order chi connectivity index (χ1) is 16.4. The van der Waals surface area contributed by atoms with Gasteiger partial charge in [0.25, 0.3) is 5.56 Å². The Morgan fingerprint density at radius 3 is 2.65 bits per heavy atom. The average Bonchev–Trinajstić information content (AvgIpc) is 3.33. The summed E-state index contributed by atoms with van der Waals surface area (Å²) in [6.07, 6.45) is 2.65. The van der Waals surface area contributed by atoms with E-state index in [0.29, 0.717) is 49.6 Å². The molecule has 0 spiro atoms. The van der Waals surface area contributed by atoms with E-state index in [1.807, 2.05) is 4.90 Å². The summed E-state index contributed by atoms with van der Waals surface area (Å²) >= 11 is 0. The Bertz CT molecular complexity index is 1200. The second-order valence-electron chi connectivity index (χ2n) is 8.58. The van der Waals surface area contributed by atoms with Crippen LogP contribution in [0.1, 0.15) is 48.4 Å². The number of rotatable bonds is 7. The Labute approximate surface area is 197 Å². The van der Waals surface area contributed by atoms with Crippen molar-refractivity contribution in [3.63, 3.8) is 0 Å². The van der Waals surface area contributed by atoms with E-state index in [1.54, 1.807) is 55.0 Å². The van der Waals surface area contributed by atoms with Crippen molar-refractivity contribution in [3.05, 3.63) is 87.5 Å². The van der Waals surface area contributed by atoms with Crippen LogP contribution in [0.15, 0.2) is 57.9 Å². The summed E-state index contributed by atoms with van der Waals surface area (Å²) in [6, 6.07) is 10.5. The Hall–Kier alpha value is -3.39. The van der Waals surface area contributed by atoms with Crippen molar-refractivity contribution in [2.45, 2.75) is 39.3 Å². The monoisotopic (exact) mass is 468 g/mol. The number of carbonyl (C=O) groups is 1. The lowest BCUT2D eigenvalue weighted by Gasteiger charge is -2.37. The first-order valence-corrected chi connectivity index (χ1v) is 11.5. The van der Waals surface area contributed by atoms with Gasteiger partial charge in [-0.3, -0.25) is 14.5 Å². The topological polar surface area (TPSA) is 84.9 Å². The van der Waals surface area contributed by atoms with E-state index in [9.17, 15) is 19.1 Å². The summed E-state index contributed by atoms with van der Waals surface area (Å²) in [5.41, 5.74) is 0.963. The molecule has 1 N–H and O–H groups in total. The maximum atomic E-state index is 14.2. The van der Waals surface area contributed by atoms with Crippen LogP contribution in [0, 0.1) is 18.7 Å². The smallest absolute Gasteiger partial charge is 0.309 e. The Balaban J connectivity index is 1.75. The molecule has 4 rings (SSSR count). The van der Waals surface area contributed by atoms with Crippen molar-refractivity contribution in [3.8, 4) is 5.75 Å². The second kappa shape index (κ2) is 10.3. The summed E-state index contributed by atoms with van der Waals surface area (Å²) in [5.74, 6) is -0.388. The number of carbonyl (C=O) groups excluding carboxylic acids is 1. The number of pyridine rings is 1.